The van der Waals surface area contributed by atoms with Crippen molar-refractivity contribution >= 4 is 45.0 Å². The van der Waals surface area contributed by atoms with Gasteiger partial charge in [0.05, 0.1) is 30.2 Å². The molecule has 0 spiro atoms. The van der Waals surface area contributed by atoms with Gasteiger partial charge in [-0.05, 0) is 24.5 Å². The lowest BCUT2D eigenvalue weighted by Gasteiger charge is -2.42. The molecular weight excluding hydrogens is 461 g/mol. The van der Waals surface area contributed by atoms with Crippen molar-refractivity contribution in [3.63, 3.8) is 0 Å². The van der Waals surface area contributed by atoms with Gasteiger partial charge in [0, 0.05) is 41.8 Å². The van der Waals surface area contributed by atoms with Crippen LogP contribution in [0, 0.1) is 17.8 Å². The summed E-state index contributed by atoms with van der Waals surface area (Å²) in [5, 5.41) is 1.21. The van der Waals surface area contributed by atoms with Gasteiger partial charge in [-0.2, -0.15) is 0 Å². The van der Waals surface area contributed by atoms with Crippen LogP contribution in [0.15, 0.2) is 18.2 Å². The third kappa shape index (κ3) is 3.96. The third-order valence-corrected chi connectivity index (χ3v) is 8.57. The van der Waals surface area contributed by atoms with Gasteiger partial charge in [0.1, 0.15) is 0 Å². The highest BCUT2D eigenvalue weighted by Crippen LogP contribution is 2.42. The first kappa shape index (κ1) is 22.8. The first-order chi connectivity index (χ1) is 14.5. The van der Waals surface area contributed by atoms with Gasteiger partial charge in [0.25, 0.3) is 0 Å². The summed E-state index contributed by atoms with van der Waals surface area (Å²) >= 11 is 12.5. The van der Waals surface area contributed by atoms with E-state index in [0.29, 0.717) is 42.6 Å². The van der Waals surface area contributed by atoms with Gasteiger partial charge in [0.15, 0.2) is 0 Å². The van der Waals surface area contributed by atoms with Crippen molar-refractivity contribution in [2.24, 2.45) is 17.8 Å². The smallest absolute Gasteiger partial charge is 0.241 e. The monoisotopic (exact) mass is 487 g/mol. The number of fused-ring (bicyclic) bond motifs is 1. The van der Waals surface area contributed by atoms with Gasteiger partial charge in [-0.3, -0.25) is 14.5 Å². The van der Waals surface area contributed by atoms with Crippen LogP contribution in [0.5, 0.6) is 0 Å². The molecule has 7 nitrogen and oxygen atoms in total. The maximum Gasteiger partial charge on any atom is 0.241 e. The molecule has 0 aliphatic carbocycles. The van der Waals surface area contributed by atoms with E-state index in [2.05, 4.69) is 4.90 Å². The SMILES string of the molecule is CC(C)[C@H]1C(=O)N(S(C)(=O)=O)[C@H]2CCN(C(=O)C3CN(Cc4c(Cl)cccc4Cl)C3)[C@H]12. The molecule has 3 saturated heterocycles. The zero-order valence-corrected chi connectivity index (χ0v) is 20.1. The summed E-state index contributed by atoms with van der Waals surface area (Å²) in [5.74, 6) is -1.10. The molecule has 3 atom stereocenters. The molecule has 3 fully saturated rings. The maximum atomic E-state index is 13.3. The molecule has 0 radical (unpaired) electrons. The van der Waals surface area contributed by atoms with Gasteiger partial charge >= 0.3 is 0 Å². The van der Waals surface area contributed by atoms with Crippen molar-refractivity contribution in [3.05, 3.63) is 33.8 Å². The second-order valence-corrected chi connectivity index (χ2v) is 11.8. The van der Waals surface area contributed by atoms with Crippen molar-refractivity contribution in [2.45, 2.75) is 38.9 Å². The maximum absolute atomic E-state index is 13.3. The Kier molecular flexibility index (Phi) is 6.05. The first-order valence-corrected chi connectivity index (χ1v) is 13.1. The molecule has 170 valence electrons. The van der Waals surface area contributed by atoms with Crippen molar-refractivity contribution in [3.8, 4) is 0 Å². The van der Waals surface area contributed by atoms with Crippen LogP contribution in [0.4, 0.5) is 0 Å². The fourth-order valence-corrected chi connectivity index (χ4v) is 6.97. The predicted octanol–water partition coefficient (Wildman–Crippen LogP) is 2.47. The number of hydrogen-bond donors (Lipinski definition) is 0. The summed E-state index contributed by atoms with van der Waals surface area (Å²) in [6.07, 6.45) is 1.56. The lowest BCUT2D eigenvalue weighted by molar-refractivity contribution is -0.143. The van der Waals surface area contributed by atoms with E-state index in [1.807, 2.05) is 13.8 Å². The molecule has 0 N–H and O–H groups in total. The van der Waals surface area contributed by atoms with Crippen LogP contribution in [0.25, 0.3) is 0 Å². The number of hydrogen-bond acceptors (Lipinski definition) is 5. The average Bonchev–Trinajstić information content (AvgIpc) is 3.14. The summed E-state index contributed by atoms with van der Waals surface area (Å²) in [4.78, 5) is 30.1. The largest absolute Gasteiger partial charge is 0.336 e. The Morgan fingerprint density at radius 1 is 1.19 bits per heavy atom. The van der Waals surface area contributed by atoms with Gasteiger partial charge in [-0.1, -0.05) is 43.1 Å². The summed E-state index contributed by atoms with van der Waals surface area (Å²) < 4.78 is 25.6. The molecule has 31 heavy (non-hydrogen) atoms. The molecule has 1 aromatic rings. The molecule has 1 aromatic carbocycles. The molecular formula is C21H27Cl2N3O4S. The molecule has 0 bridgehead atoms. The van der Waals surface area contributed by atoms with Crippen molar-refractivity contribution in [2.75, 3.05) is 25.9 Å². The lowest BCUT2D eigenvalue weighted by atomic mass is 9.87. The van der Waals surface area contributed by atoms with E-state index in [0.717, 1.165) is 16.1 Å². The van der Waals surface area contributed by atoms with Gasteiger partial charge in [0.2, 0.25) is 21.8 Å². The first-order valence-electron chi connectivity index (χ1n) is 10.5. The minimum absolute atomic E-state index is 0.00260. The Labute approximate surface area is 193 Å². The fourth-order valence-electron chi connectivity index (χ4n) is 5.29. The number of carbonyl (C=O) groups excluding carboxylic acids is 2. The van der Waals surface area contributed by atoms with E-state index in [4.69, 9.17) is 23.2 Å². The Balaban J connectivity index is 1.46. The van der Waals surface area contributed by atoms with Crippen LogP contribution in [0.2, 0.25) is 10.0 Å². The second-order valence-electron chi connectivity index (χ2n) is 9.14. The van der Waals surface area contributed by atoms with Crippen LogP contribution >= 0.6 is 23.2 Å². The number of amides is 2. The Morgan fingerprint density at radius 3 is 2.35 bits per heavy atom. The van der Waals surface area contributed by atoms with Gasteiger partial charge < -0.3 is 4.90 Å². The minimum atomic E-state index is -3.67. The number of nitrogens with zero attached hydrogens (tertiary/aromatic N) is 3. The number of halogens is 2. The molecule has 3 aliphatic heterocycles. The Hall–Kier alpha value is -1.35. The molecule has 3 heterocycles. The predicted molar refractivity (Wildman–Crippen MR) is 119 cm³/mol. The third-order valence-electron chi connectivity index (χ3n) is 6.70. The molecule has 10 heteroatoms. The van der Waals surface area contributed by atoms with Crippen LogP contribution in [0.1, 0.15) is 25.8 Å². The molecule has 0 saturated carbocycles. The summed E-state index contributed by atoms with van der Waals surface area (Å²) in [5.41, 5.74) is 0.850. The van der Waals surface area contributed by atoms with E-state index in [1.54, 1.807) is 23.1 Å². The highest BCUT2D eigenvalue weighted by Gasteiger charge is 2.59. The van der Waals surface area contributed by atoms with E-state index >= 15 is 0 Å². The minimum Gasteiger partial charge on any atom is -0.336 e. The Morgan fingerprint density at radius 2 is 1.81 bits per heavy atom. The van der Waals surface area contributed by atoms with E-state index in [-0.39, 0.29) is 29.7 Å². The zero-order chi connectivity index (χ0) is 22.7. The van der Waals surface area contributed by atoms with E-state index in [1.165, 1.54) is 0 Å². The summed E-state index contributed by atoms with van der Waals surface area (Å²) in [6.45, 7) is 6.04. The zero-order valence-electron chi connectivity index (χ0n) is 17.8. The summed E-state index contributed by atoms with van der Waals surface area (Å²) in [7, 11) is -3.67. The molecule has 4 rings (SSSR count). The molecule has 3 aliphatic rings. The molecule has 0 unspecified atom stereocenters. The number of likely N-dealkylation sites (tertiary alicyclic amines) is 2. The topological polar surface area (TPSA) is 78.0 Å². The average molecular weight is 488 g/mol. The standard InChI is InChI=1S/C21H27Cl2N3O4S/c1-12(2)18-19-17(26(21(18)28)31(3,29)30)7-8-25(19)20(27)13-9-24(10-13)11-14-15(22)5-4-6-16(14)23/h4-6,12-13,17-19H,7-11H2,1-3H3/t17-,18+,19-/m0/s1. The fraction of sp³-hybridized carbons (Fsp3) is 0.619. The van der Waals surface area contributed by atoms with E-state index < -0.39 is 22.0 Å². The molecule has 0 aromatic heterocycles. The van der Waals surface area contributed by atoms with Gasteiger partial charge in [-0.25, -0.2) is 12.7 Å². The second kappa shape index (κ2) is 8.21. The quantitative estimate of drug-likeness (QED) is 0.637. The van der Waals surface area contributed by atoms with Crippen LogP contribution in [-0.2, 0) is 26.2 Å². The number of rotatable bonds is 5. The van der Waals surface area contributed by atoms with Crippen molar-refractivity contribution in [1.29, 1.82) is 0 Å². The van der Waals surface area contributed by atoms with E-state index in [9.17, 15) is 18.0 Å². The van der Waals surface area contributed by atoms with Gasteiger partial charge in [-0.15, -0.1) is 0 Å². The van der Waals surface area contributed by atoms with Crippen molar-refractivity contribution in [1.82, 2.24) is 14.1 Å². The van der Waals surface area contributed by atoms with Crippen molar-refractivity contribution < 1.29 is 18.0 Å². The van der Waals surface area contributed by atoms with Crippen LogP contribution in [0.3, 0.4) is 0 Å². The van der Waals surface area contributed by atoms with Crippen LogP contribution < -0.4 is 0 Å². The number of carbonyl (C=O) groups is 2. The number of benzene rings is 1. The highest BCUT2D eigenvalue weighted by atomic mass is 35.5. The van der Waals surface area contributed by atoms with Crippen LogP contribution in [-0.4, -0.2) is 72.3 Å². The number of sulfonamides is 1. The Bertz CT molecular complexity index is 990. The molecule has 2 amide bonds. The normalized spacial score (nSPS) is 27.2. The lowest BCUT2D eigenvalue weighted by Crippen LogP contribution is -2.56. The summed E-state index contributed by atoms with van der Waals surface area (Å²) in [6, 6.07) is 4.55. The highest BCUT2D eigenvalue weighted by molar-refractivity contribution is 7.88.